The maximum atomic E-state index is 6.17. The number of hydrogen-bond acceptors (Lipinski definition) is 2. The minimum Gasteiger partial charge on any atom is -0.459 e. The highest BCUT2D eigenvalue weighted by molar-refractivity contribution is 6.41. The van der Waals surface area contributed by atoms with Gasteiger partial charge in [-0.3, -0.25) is 0 Å². The van der Waals surface area contributed by atoms with E-state index in [0.717, 1.165) is 12.3 Å². The fraction of sp³-hybridized carbons (Fsp3) is 0.286. The van der Waals surface area contributed by atoms with E-state index in [4.69, 9.17) is 39.2 Å². The number of nitrogens with one attached hydrogen (secondary N) is 1. The molecule has 0 aliphatic carbocycles. The van der Waals surface area contributed by atoms with E-state index < -0.39 is 0 Å². The molecule has 2 aromatic rings. The lowest BCUT2D eigenvalue weighted by Gasteiger charge is -2.09. The number of rotatable bonds is 4. The molecule has 0 spiro atoms. The maximum Gasteiger partial charge on any atom is 0.137 e. The van der Waals surface area contributed by atoms with Crippen LogP contribution in [0, 0.1) is 0 Å². The lowest BCUT2D eigenvalue weighted by Crippen LogP contribution is -2.16. The van der Waals surface area contributed by atoms with E-state index >= 15 is 0 Å². The van der Waals surface area contributed by atoms with E-state index in [1.807, 2.05) is 26.0 Å². The Morgan fingerprint density at radius 1 is 1.16 bits per heavy atom. The molecule has 1 N–H and O–H groups in total. The van der Waals surface area contributed by atoms with Crippen molar-refractivity contribution in [3.05, 3.63) is 45.1 Å². The Morgan fingerprint density at radius 2 is 1.79 bits per heavy atom. The van der Waals surface area contributed by atoms with Gasteiger partial charge in [0.05, 0.1) is 21.7 Å². The van der Waals surface area contributed by atoms with Gasteiger partial charge in [0.25, 0.3) is 0 Å². The Kier molecular flexibility index (Phi) is 4.80. The third-order valence-corrected chi connectivity index (χ3v) is 3.63. The Balaban J connectivity index is 2.38. The summed E-state index contributed by atoms with van der Waals surface area (Å²) < 4.78 is 5.81. The Morgan fingerprint density at radius 3 is 2.37 bits per heavy atom. The molecule has 0 amide bonds. The van der Waals surface area contributed by atoms with E-state index in [-0.39, 0.29) is 6.04 Å². The highest BCUT2D eigenvalue weighted by Crippen LogP contribution is 2.38. The first kappa shape index (κ1) is 14.7. The number of halogens is 3. The van der Waals surface area contributed by atoms with E-state index in [0.29, 0.717) is 26.4 Å². The van der Waals surface area contributed by atoms with Crippen molar-refractivity contribution in [3.8, 4) is 11.3 Å². The van der Waals surface area contributed by atoms with Crippen LogP contribution in [0.2, 0.25) is 15.1 Å². The zero-order chi connectivity index (χ0) is 14.0. The lowest BCUT2D eigenvalue weighted by atomic mass is 10.2. The first-order chi connectivity index (χ1) is 9.02. The number of hydrogen-bond donors (Lipinski definition) is 1. The van der Waals surface area contributed by atoms with Crippen LogP contribution in [0.15, 0.2) is 28.7 Å². The van der Waals surface area contributed by atoms with Crippen LogP contribution < -0.4 is 5.32 Å². The molecule has 0 radical (unpaired) electrons. The molecular weight excluding hydrogens is 305 g/mol. The highest BCUT2D eigenvalue weighted by Gasteiger charge is 2.16. The van der Waals surface area contributed by atoms with Crippen LogP contribution in [-0.4, -0.2) is 6.54 Å². The van der Waals surface area contributed by atoms with Crippen molar-refractivity contribution < 1.29 is 4.42 Å². The van der Waals surface area contributed by atoms with Crippen LogP contribution >= 0.6 is 34.8 Å². The number of furan rings is 1. The molecular formula is C14H14Cl3NO. The average Bonchev–Trinajstić information content (AvgIpc) is 2.77. The van der Waals surface area contributed by atoms with Crippen LogP contribution in [0.5, 0.6) is 0 Å². The van der Waals surface area contributed by atoms with Crippen molar-refractivity contribution >= 4 is 34.8 Å². The van der Waals surface area contributed by atoms with Gasteiger partial charge >= 0.3 is 0 Å². The second-order valence-corrected chi connectivity index (χ2v) is 5.48. The second kappa shape index (κ2) is 6.19. The molecule has 1 aromatic heterocycles. The van der Waals surface area contributed by atoms with Gasteiger partial charge in [0, 0.05) is 5.02 Å². The van der Waals surface area contributed by atoms with Gasteiger partial charge in [-0.1, -0.05) is 41.7 Å². The second-order valence-electron chi connectivity index (χ2n) is 4.23. The highest BCUT2D eigenvalue weighted by atomic mass is 35.5. The molecule has 0 saturated carbocycles. The topological polar surface area (TPSA) is 25.2 Å². The molecule has 1 aromatic carbocycles. The van der Waals surface area contributed by atoms with Crippen LogP contribution in [0.3, 0.4) is 0 Å². The van der Waals surface area contributed by atoms with Crippen molar-refractivity contribution in [1.82, 2.24) is 5.32 Å². The summed E-state index contributed by atoms with van der Waals surface area (Å²) in [4.78, 5) is 0. The van der Waals surface area contributed by atoms with Crippen LogP contribution in [0.4, 0.5) is 0 Å². The monoisotopic (exact) mass is 317 g/mol. The fourth-order valence-corrected chi connectivity index (χ4v) is 2.91. The first-order valence-electron chi connectivity index (χ1n) is 6.01. The normalized spacial score (nSPS) is 12.7. The van der Waals surface area contributed by atoms with Crippen molar-refractivity contribution in [2.45, 2.75) is 19.9 Å². The zero-order valence-corrected chi connectivity index (χ0v) is 12.9. The van der Waals surface area contributed by atoms with Gasteiger partial charge in [0.15, 0.2) is 0 Å². The van der Waals surface area contributed by atoms with Crippen molar-refractivity contribution in [3.63, 3.8) is 0 Å². The summed E-state index contributed by atoms with van der Waals surface area (Å²) in [5.41, 5.74) is 0.669. The van der Waals surface area contributed by atoms with Gasteiger partial charge in [0.2, 0.25) is 0 Å². The zero-order valence-electron chi connectivity index (χ0n) is 10.6. The summed E-state index contributed by atoms with van der Waals surface area (Å²) in [7, 11) is 0. The van der Waals surface area contributed by atoms with Gasteiger partial charge < -0.3 is 9.73 Å². The lowest BCUT2D eigenvalue weighted by molar-refractivity contribution is 0.445. The van der Waals surface area contributed by atoms with Gasteiger partial charge in [-0.25, -0.2) is 0 Å². The predicted octanol–water partition coefficient (Wildman–Crippen LogP) is 5.58. The Bertz CT molecular complexity index is 557. The number of benzene rings is 1. The quantitative estimate of drug-likeness (QED) is 0.796. The van der Waals surface area contributed by atoms with E-state index in [1.54, 1.807) is 12.1 Å². The minimum absolute atomic E-state index is 0.142. The smallest absolute Gasteiger partial charge is 0.137 e. The molecule has 0 fully saturated rings. The summed E-state index contributed by atoms with van der Waals surface area (Å²) in [5, 5.41) is 4.75. The van der Waals surface area contributed by atoms with Crippen molar-refractivity contribution in [2.75, 3.05) is 6.54 Å². The molecule has 1 atom stereocenters. The minimum atomic E-state index is 0.142. The fourth-order valence-electron chi connectivity index (χ4n) is 1.90. The summed E-state index contributed by atoms with van der Waals surface area (Å²) in [6.07, 6.45) is 0. The standard InChI is InChI=1S/C14H14Cl3NO/c1-3-18-8(2)12-4-5-13(19-12)14-10(16)6-9(15)7-11(14)17/h4-8,18H,3H2,1-2H3. The van der Waals surface area contributed by atoms with E-state index in [1.165, 1.54) is 0 Å². The van der Waals surface area contributed by atoms with E-state index in [2.05, 4.69) is 5.32 Å². The molecule has 0 aliphatic rings. The third-order valence-electron chi connectivity index (χ3n) is 2.82. The summed E-state index contributed by atoms with van der Waals surface area (Å²) >= 11 is 18.2. The van der Waals surface area contributed by atoms with Crippen molar-refractivity contribution in [2.24, 2.45) is 0 Å². The first-order valence-corrected chi connectivity index (χ1v) is 7.14. The predicted molar refractivity (Wildman–Crippen MR) is 81.3 cm³/mol. The maximum absolute atomic E-state index is 6.17. The van der Waals surface area contributed by atoms with Crippen LogP contribution in [0.1, 0.15) is 25.6 Å². The van der Waals surface area contributed by atoms with Gasteiger partial charge in [-0.15, -0.1) is 0 Å². The summed E-state index contributed by atoms with van der Waals surface area (Å²) in [6, 6.07) is 7.23. The molecule has 1 heterocycles. The summed E-state index contributed by atoms with van der Waals surface area (Å²) in [5.74, 6) is 1.49. The SMILES string of the molecule is CCNC(C)c1ccc(-c2c(Cl)cc(Cl)cc2Cl)o1. The molecule has 1 unspecified atom stereocenters. The third kappa shape index (κ3) is 3.26. The Hall–Kier alpha value is -0.670. The molecule has 102 valence electrons. The molecule has 0 aliphatic heterocycles. The molecule has 19 heavy (non-hydrogen) atoms. The Labute approximate surface area is 127 Å². The summed E-state index contributed by atoms with van der Waals surface area (Å²) in [6.45, 7) is 4.96. The average molecular weight is 319 g/mol. The van der Waals surface area contributed by atoms with Gasteiger partial charge in [-0.05, 0) is 37.7 Å². The van der Waals surface area contributed by atoms with Crippen LogP contribution in [-0.2, 0) is 0 Å². The molecule has 2 rings (SSSR count). The van der Waals surface area contributed by atoms with E-state index in [9.17, 15) is 0 Å². The van der Waals surface area contributed by atoms with Crippen LogP contribution in [0.25, 0.3) is 11.3 Å². The molecule has 0 saturated heterocycles. The molecule has 2 nitrogen and oxygen atoms in total. The largest absolute Gasteiger partial charge is 0.459 e. The van der Waals surface area contributed by atoms with Crippen molar-refractivity contribution in [1.29, 1.82) is 0 Å². The molecule has 0 bridgehead atoms. The van der Waals surface area contributed by atoms with Gasteiger partial charge in [0.1, 0.15) is 11.5 Å². The van der Waals surface area contributed by atoms with Gasteiger partial charge in [-0.2, -0.15) is 0 Å². The molecule has 5 heteroatoms.